The number of esters is 1. The first kappa shape index (κ1) is 14.3. The number of benzene rings is 1. The molecule has 0 aromatic heterocycles. The molecule has 0 spiro atoms. The van der Waals surface area contributed by atoms with Crippen LogP contribution in [0.3, 0.4) is 0 Å². The molecule has 3 heteroatoms. The van der Waals surface area contributed by atoms with Crippen molar-refractivity contribution in [3.05, 3.63) is 47.3 Å². The van der Waals surface area contributed by atoms with Gasteiger partial charge in [-0.3, -0.25) is 0 Å². The van der Waals surface area contributed by atoms with Crippen molar-refractivity contribution in [2.24, 2.45) is 0 Å². The third-order valence-corrected chi connectivity index (χ3v) is 3.42. The molecule has 0 bridgehead atoms. The normalized spacial score (nSPS) is 20.4. The predicted octanol–water partition coefficient (Wildman–Crippen LogP) is 3.50. The van der Waals surface area contributed by atoms with E-state index in [-0.39, 0.29) is 11.4 Å². The molecule has 0 N–H and O–H groups in total. The van der Waals surface area contributed by atoms with Gasteiger partial charge in [0.2, 0.25) is 5.60 Å². The van der Waals surface area contributed by atoms with Crippen LogP contribution in [0, 0.1) is 17.7 Å². The van der Waals surface area contributed by atoms with E-state index < -0.39 is 11.6 Å². The Labute approximate surface area is 118 Å². The van der Waals surface area contributed by atoms with Crippen molar-refractivity contribution in [2.45, 2.75) is 38.7 Å². The quantitative estimate of drug-likeness (QED) is 0.468. The van der Waals surface area contributed by atoms with E-state index in [1.807, 2.05) is 6.07 Å². The Morgan fingerprint density at radius 3 is 2.90 bits per heavy atom. The summed E-state index contributed by atoms with van der Waals surface area (Å²) in [5.41, 5.74) is 0.346. The first-order valence-corrected chi connectivity index (χ1v) is 6.61. The second-order valence-corrected chi connectivity index (χ2v) is 5.00. The Hall–Kier alpha value is -2.08. The molecule has 1 aromatic rings. The summed E-state index contributed by atoms with van der Waals surface area (Å²) in [6, 6.07) is 4.91. The standard InChI is InChI=1S/C17H17FO2/c1-4-10-17(20-16(19)12(2)3)11-6-8-13-7-5-9-14(18)15(13)17/h5,7,9H,2,6,8,11H2,1,3H3. The molecule has 1 aromatic carbocycles. The Balaban J connectivity index is 2.57. The number of aryl methyl sites for hydroxylation is 1. The topological polar surface area (TPSA) is 26.3 Å². The third kappa shape index (κ3) is 2.46. The fourth-order valence-electron chi connectivity index (χ4n) is 2.58. The van der Waals surface area contributed by atoms with Gasteiger partial charge in [-0.15, -0.1) is 5.92 Å². The van der Waals surface area contributed by atoms with E-state index in [0.717, 1.165) is 18.4 Å². The number of hydrogen-bond donors (Lipinski definition) is 0. The number of fused-ring (bicyclic) bond motifs is 1. The molecular weight excluding hydrogens is 255 g/mol. The van der Waals surface area contributed by atoms with Crippen molar-refractivity contribution in [1.82, 2.24) is 0 Å². The van der Waals surface area contributed by atoms with Gasteiger partial charge in [-0.25, -0.2) is 9.18 Å². The average molecular weight is 272 g/mol. The van der Waals surface area contributed by atoms with E-state index in [4.69, 9.17) is 4.74 Å². The van der Waals surface area contributed by atoms with Crippen LogP contribution in [0.4, 0.5) is 4.39 Å². The zero-order chi connectivity index (χ0) is 14.8. The second-order valence-electron chi connectivity index (χ2n) is 5.00. The zero-order valence-electron chi connectivity index (χ0n) is 11.8. The summed E-state index contributed by atoms with van der Waals surface area (Å²) in [5.74, 6) is 4.76. The number of ether oxygens (including phenoxy) is 1. The minimum atomic E-state index is -1.19. The first-order valence-electron chi connectivity index (χ1n) is 6.61. The number of carbonyl (C=O) groups is 1. The van der Waals surface area contributed by atoms with Gasteiger partial charge >= 0.3 is 5.97 Å². The summed E-state index contributed by atoms with van der Waals surface area (Å²) >= 11 is 0. The Kier molecular flexibility index (Phi) is 3.94. The van der Waals surface area contributed by atoms with Crippen molar-refractivity contribution in [3.63, 3.8) is 0 Å². The van der Waals surface area contributed by atoms with Crippen LogP contribution < -0.4 is 0 Å². The molecule has 104 valence electrons. The molecule has 2 nitrogen and oxygen atoms in total. The first-order chi connectivity index (χ1) is 9.50. The van der Waals surface area contributed by atoms with E-state index in [1.54, 1.807) is 19.9 Å². The van der Waals surface area contributed by atoms with Gasteiger partial charge in [-0.1, -0.05) is 24.6 Å². The van der Waals surface area contributed by atoms with Gasteiger partial charge in [0.1, 0.15) is 5.82 Å². The highest BCUT2D eigenvalue weighted by Crippen LogP contribution is 2.40. The minimum absolute atomic E-state index is 0.283. The highest BCUT2D eigenvalue weighted by molar-refractivity contribution is 5.87. The van der Waals surface area contributed by atoms with Gasteiger partial charge in [-0.2, -0.15) is 0 Å². The number of rotatable bonds is 2. The molecule has 1 atom stereocenters. The van der Waals surface area contributed by atoms with Crippen LogP contribution >= 0.6 is 0 Å². The van der Waals surface area contributed by atoms with Crippen molar-refractivity contribution < 1.29 is 13.9 Å². The van der Waals surface area contributed by atoms with E-state index in [1.165, 1.54) is 6.07 Å². The van der Waals surface area contributed by atoms with Crippen LogP contribution in [-0.4, -0.2) is 5.97 Å². The molecule has 1 aliphatic carbocycles. The number of carbonyl (C=O) groups excluding carboxylic acids is 1. The monoisotopic (exact) mass is 272 g/mol. The number of hydrogen-bond acceptors (Lipinski definition) is 2. The van der Waals surface area contributed by atoms with E-state index >= 15 is 0 Å². The summed E-state index contributed by atoms with van der Waals surface area (Å²) in [5, 5.41) is 0. The van der Waals surface area contributed by atoms with Crippen LogP contribution in [0.5, 0.6) is 0 Å². The van der Waals surface area contributed by atoms with Gasteiger partial charge < -0.3 is 4.74 Å². The van der Waals surface area contributed by atoms with Crippen LogP contribution in [0.15, 0.2) is 30.4 Å². The molecule has 0 aliphatic heterocycles. The van der Waals surface area contributed by atoms with E-state index in [0.29, 0.717) is 12.0 Å². The maximum Gasteiger partial charge on any atom is 0.334 e. The van der Waals surface area contributed by atoms with E-state index in [9.17, 15) is 9.18 Å². The molecule has 0 saturated carbocycles. The molecule has 2 rings (SSSR count). The lowest BCUT2D eigenvalue weighted by Crippen LogP contribution is -2.36. The third-order valence-electron chi connectivity index (χ3n) is 3.42. The van der Waals surface area contributed by atoms with Crippen LogP contribution in [0.1, 0.15) is 37.8 Å². The van der Waals surface area contributed by atoms with Crippen LogP contribution in [0.2, 0.25) is 0 Å². The largest absolute Gasteiger partial charge is 0.438 e. The summed E-state index contributed by atoms with van der Waals surface area (Å²) in [6.45, 7) is 6.80. The zero-order valence-corrected chi connectivity index (χ0v) is 11.8. The fourth-order valence-corrected chi connectivity index (χ4v) is 2.58. The van der Waals surface area contributed by atoms with Gasteiger partial charge in [0.05, 0.1) is 0 Å². The van der Waals surface area contributed by atoms with Crippen molar-refractivity contribution >= 4 is 5.97 Å². The molecule has 0 radical (unpaired) electrons. The molecule has 0 fully saturated rings. The number of halogens is 1. The van der Waals surface area contributed by atoms with Crippen LogP contribution in [0.25, 0.3) is 0 Å². The van der Waals surface area contributed by atoms with Crippen LogP contribution in [-0.2, 0) is 21.6 Å². The van der Waals surface area contributed by atoms with Gasteiger partial charge in [0.25, 0.3) is 0 Å². The lowest BCUT2D eigenvalue weighted by Gasteiger charge is -2.34. The second kappa shape index (κ2) is 5.50. The molecule has 0 heterocycles. The molecule has 0 amide bonds. The van der Waals surface area contributed by atoms with Gasteiger partial charge in [-0.05, 0) is 38.3 Å². The Morgan fingerprint density at radius 2 is 2.25 bits per heavy atom. The lowest BCUT2D eigenvalue weighted by molar-refractivity contribution is -0.151. The highest BCUT2D eigenvalue weighted by atomic mass is 19.1. The highest BCUT2D eigenvalue weighted by Gasteiger charge is 2.41. The van der Waals surface area contributed by atoms with Crippen molar-refractivity contribution in [1.29, 1.82) is 0 Å². The van der Waals surface area contributed by atoms with E-state index in [2.05, 4.69) is 18.4 Å². The van der Waals surface area contributed by atoms with Crippen molar-refractivity contribution in [3.8, 4) is 11.8 Å². The lowest BCUT2D eigenvalue weighted by atomic mass is 9.79. The Bertz CT molecular complexity index is 622. The van der Waals surface area contributed by atoms with Gasteiger partial charge in [0, 0.05) is 17.6 Å². The minimum Gasteiger partial charge on any atom is -0.438 e. The average Bonchev–Trinajstić information content (AvgIpc) is 2.39. The summed E-state index contributed by atoms with van der Waals surface area (Å²) in [6.07, 6.45) is 2.07. The molecule has 20 heavy (non-hydrogen) atoms. The summed E-state index contributed by atoms with van der Waals surface area (Å²) in [4.78, 5) is 11.9. The predicted molar refractivity (Wildman–Crippen MR) is 75.4 cm³/mol. The van der Waals surface area contributed by atoms with Gasteiger partial charge in [0.15, 0.2) is 0 Å². The smallest absolute Gasteiger partial charge is 0.334 e. The Morgan fingerprint density at radius 1 is 1.50 bits per heavy atom. The summed E-state index contributed by atoms with van der Waals surface area (Å²) < 4.78 is 19.8. The maximum atomic E-state index is 14.3. The fraction of sp³-hybridized carbons (Fsp3) is 0.353. The van der Waals surface area contributed by atoms with Crippen molar-refractivity contribution in [2.75, 3.05) is 0 Å². The molecule has 1 unspecified atom stereocenters. The molecule has 1 aliphatic rings. The molecule has 0 saturated heterocycles. The maximum absolute atomic E-state index is 14.3. The SMILES string of the molecule is C=C(C)C(=O)OC1(C#CC)CCCc2cccc(F)c21. The summed E-state index contributed by atoms with van der Waals surface area (Å²) in [7, 11) is 0. The molecular formula is C17H17FO2.